The van der Waals surface area contributed by atoms with Crippen molar-refractivity contribution in [2.75, 3.05) is 6.54 Å². The summed E-state index contributed by atoms with van der Waals surface area (Å²) >= 11 is 0. The zero-order valence-electron chi connectivity index (χ0n) is 12.1. The van der Waals surface area contributed by atoms with Crippen molar-refractivity contribution >= 4 is 10.9 Å². The van der Waals surface area contributed by atoms with E-state index in [4.69, 9.17) is 0 Å². The maximum Gasteiger partial charge on any atom is 0.0705 e. The molecule has 1 unspecified atom stereocenters. The number of hydrogen-bond acceptors (Lipinski definition) is 2. The van der Waals surface area contributed by atoms with Crippen LogP contribution in [0, 0.1) is 6.92 Å². The lowest BCUT2D eigenvalue weighted by atomic mass is 9.89. The van der Waals surface area contributed by atoms with Crippen LogP contribution >= 0.6 is 0 Å². The Kier molecular flexibility index (Phi) is 2.97. The molecule has 2 nitrogen and oxygen atoms in total. The van der Waals surface area contributed by atoms with Gasteiger partial charge in [-0.25, -0.2) is 0 Å². The van der Waals surface area contributed by atoms with Gasteiger partial charge in [-0.2, -0.15) is 0 Å². The van der Waals surface area contributed by atoms with Gasteiger partial charge in [-0.05, 0) is 48.2 Å². The minimum Gasteiger partial charge on any atom is -0.306 e. The number of pyridine rings is 1. The molecule has 21 heavy (non-hydrogen) atoms. The van der Waals surface area contributed by atoms with E-state index in [0.717, 1.165) is 24.2 Å². The molecule has 0 amide bonds. The Morgan fingerprint density at radius 1 is 1.05 bits per heavy atom. The van der Waals surface area contributed by atoms with Crippen LogP contribution in [0.3, 0.4) is 0 Å². The molecule has 1 aliphatic rings. The summed E-state index contributed by atoms with van der Waals surface area (Å²) in [5.41, 5.74) is 6.33. The summed E-state index contributed by atoms with van der Waals surface area (Å²) in [6.45, 7) is 3.07. The molecule has 0 fully saturated rings. The standard InChI is InChI=1S/C19H18N2/c1-13-6-7-15-12-16(8-9-18(15)21-13)19-17-5-3-2-4-14(17)10-11-20-19/h2-9,12,19-20H,10-11H2,1H3. The molecular formula is C19H18N2. The van der Waals surface area contributed by atoms with E-state index in [-0.39, 0.29) is 0 Å². The molecule has 4 rings (SSSR count). The highest BCUT2D eigenvalue weighted by Gasteiger charge is 2.20. The van der Waals surface area contributed by atoms with Crippen LogP contribution in [0.25, 0.3) is 10.9 Å². The highest BCUT2D eigenvalue weighted by molar-refractivity contribution is 5.79. The number of rotatable bonds is 1. The van der Waals surface area contributed by atoms with Crippen molar-refractivity contribution in [3.05, 3.63) is 77.0 Å². The molecule has 104 valence electrons. The van der Waals surface area contributed by atoms with Crippen LogP contribution in [0.4, 0.5) is 0 Å². The Balaban J connectivity index is 1.82. The first-order valence-corrected chi connectivity index (χ1v) is 7.50. The van der Waals surface area contributed by atoms with Gasteiger partial charge in [-0.15, -0.1) is 0 Å². The number of hydrogen-bond donors (Lipinski definition) is 1. The minimum atomic E-state index is 0.292. The van der Waals surface area contributed by atoms with E-state index in [9.17, 15) is 0 Å². The fourth-order valence-electron chi connectivity index (χ4n) is 3.23. The fourth-order valence-corrected chi connectivity index (χ4v) is 3.23. The molecular weight excluding hydrogens is 256 g/mol. The number of benzene rings is 2. The van der Waals surface area contributed by atoms with E-state index in [2.05, 4.69) is 64.9 Å². The summed E-state index contributed by atoms with van der Waals surface area (Å²) in [7, 11) is 0. The quantitative estimate of drug-likeness (QED) is 0.730. The Bertz CT molecular complexity index is 808. The van der Waals surface area contributed by atoms with E-state index in [1.165, 1.54) is 22.1 Å². The SMILES string of the molecule is Cc1ccc2cc(C3NCCc4ccccc43)ccc2n1. The molecule has 2 heteroatoms. The summed E-state index contributed by atoms with van der Waals surface area (Å²) in [5.74, 6) is 0. The lowest BCUT2D eigenvalue weighted by Crippen LogP contribution is -2.30. The third-order valence-corrected chi connectivity index (χ3v) is 4.29. The highest BCUT2D eigenvalue weighted by Crippen LogP contribution is 2.30. The van der Waals surface area contributed by atoms with E-state index >= 15 is 0 Å². The van der Waals surface area contributed by atoms with Crippen molar-refractivity contribution in [3.8, 4) is 0 Å². The molecule has 2 heterocycles. The molecule has 1 aromatic heterocycles. The summed E-state index contributed by atoms with van der Waals surface area (Å²) in [6, 6.07) is 19.9. The average molecular weight is 274 g/mol. The van der Waals surface area contributed by atoms with E-state index in [1.54, 1.807) is 0 Å². The van der Waals surface area contributed by atoms with Gasteiger partial charge in [0.05, 0.1) is 11.6 Å². The van der Waals surface area contributed by atoms with Crippen LogP contribution in [-0.2, 0) is 6.42 Å². The molecule has 2 aromatic carbocycles. The largest absolute Gasteiger partial charge is 0.306 e. The van der Waals surface area contributed by atoms with E-state index in [0.29, 0.717) is 6.04 Å². The second-order valence-electron chi connectivity index (χ2n) is 5.74. The molecule has 0 bridgehead atoms. The van der Waals surface area contributed by atoms with Gasteiger partial charge in [0.2, 0.25) is 0 Å². The molecule has 3 aromatic rings. The van der Waals surface area contributed by atoms with Crippen molar-refractivity contribution in [1.29, 1.82) is 0 Å². The lowest BCUT2D eigenvalue weighted by molar-refractivity contribution is 0.568. The summed E-state index contributed by atoms with van der Waals surface area (Å²) in [5, 5.41) is 4.86. The molecule has 0 aliphatic carbocycles. The Morgan fingerprint density at radius 3 is 2.90 bits per heavy atom. The summed E-state index contributed by atoms with van der Waals surface area (Å²) in [4.78, 5) is 4.59. The third-order valence-electron chi connectivity index (χ3n) is 4.29. The van der Waals surface area contributed by atoms with E-state index < -0.39 is 0 Å². The zero-order valence-corrected chi connectivity index (χ0v) is 12.1. The van der Waals surface area contributed by atoms with Crippen LogP contribution in [0.1, 0.15) is 28.4 Å². The number of aryl methyl sites for hydroxylation is 1. The van der Waals surface area contributed by atoms with Gasteiger partial charge in [0, 0.05) is 17.6 Å². The molecule has 0 radical (unpaired) electrons. The van der Waals surface area contributed by atoms with Crippen molar-refractivity contribution in [1.82, 2.24) is 10.3 Å². The molecule has 0 saturated carbocycles. The third kappa shape index (κ3) is 2.22. The van der Waals surface area contributed by atoms with Gasteiger partial charge in [0.15, 0.2) is 0 Å². The van der Waals surface area contributed by atoms with Crippen molar-refractivity contribution in [2.45, 2.75) is 19.4 Å². The van der Waals surface area contributed by atoms with Gasteiger partial charge in [-0.1, -0.05) is 36.4 Å². The predicted octanol–water partition coefficient (Wildman–Crippen LogP) is 3.78. The van der Waals surface area contributed by atoms with Crippen LogP contribution in [0.15, 0.2) is 54.6 Å². The number of fused-ring (bicyclic) bond motifs is 2. The molecule has 1 atom stereocenters. The van der Waals surface area contributed by atoms with Gasteiger partial charge in [0.25, 0.3) is 0 Å². The predicted molar refractivity (Wildman–Crippen MR) is 86.5 cm³/mol. The van der Waals surface area contributed by atoms with Crippen molar-refractivity contribution in [2.24, 2.45) is 0 Å². The molecule has 0 saturated heterocycles. The Hall–Kier alpha value is -2.19. The number of aromatic nitrogens is 1. The maximum atomic E-state index is 4.59. The van der Waals surface area contributed by atoms with Crippen molar-refractivity contribution in [3.63, 3.8) is 0 Å². The van der Waals surface area contributed by atoms with Crippen LogP contribution in [-0.4, -0.2) is 11.5 Å². The number of nitrogens with one attached hydrogen (secondary N) is 1. The monoisotopic (exact) mass is 274 g/mol. The maximum absolute atomic E-state index is 4.59. The summed E-state index contributed by atoms with van der Waals surface area (Å²) < 4.78 is 0. The van der Waals surface area contributed by atoms with Gasteiger partial charge in [-0.3, -0.25) is 4.98 Å². The smallest absolute Gasteiger partial charge is 0.0705 e. The topological polar surface area (TPSA) is 24.9 Å². The van der Waals surface area contributed by atoms with Crippen LogP contribution in [0.2, 0.25) is 0 Å². The zero-order chi connectivity index (χ0) is 14.2. The molecule has 0 spiro atoms. The normalized spacial score (nSPS) is 17.7. The van der Waals surface area contributed by atoms with E-state index in [1.807, 2.05) is 6.92 Å². The Labute approximate surface area is 124 Å². The first-order chi connectivity index (χ1) is 10.3. The minimum absolute atomic E-state index is 0.292. The molecule has 1 N–H and O–H groups in total. The van der Waals surface area contributed by atoms with Crippen LogP contribution in [0.5, 0.6) is 0 Å². The van der Waals surface area contributed by atoms with Crippen LogP contribution < -0.4 is 5.32 Å². The van der Waals surface area contributed by atoms with Gasteiger partial charge in [0.1, 0.15) is 0 Å². The second kappa shape index (κ2) is 4.97. The van der Waals surface area contributed by atoms with Crippen molar-refractivity contribution < 1.29 is 0 Å². The average Bonchev–Trinajstić information content (AvgIpc) is 2.54. The van der Waals surface area contributed by atoms with Gasteiger partial charge < -0.3 is 5.32 Å². The highest BCUT2D eigenvalue weighted by atomic mass is 14.9. The van der Waals surface area contributed by atoms with Gasteiger partial charge >= 0.3 is 0 Å². The molecule has 1 aliphatic heterocycles. The fraction of sp³-hybridized carbons (Fsp3) is 0.211. The Morgan fingerprint density at radius 2 is 1.95 bits per heavy atom. The first kappa shape index (κ1) is 12.5. The lowest BCUT2D eigenvalue weighted by Gasteiger charge is -2.27. The summed E-state index contributed by atoms with van der Waals surface area (Å²) in [6.07, 6.45) is 1.11. The second-order valence-corrected chi connectivity index (χ2v) is 5.74. The first-order valence-electron chi connectivity index (χ1n) is 7.50. The number of nitrogens with zero attached hydrogens (tertiary/aromatic N) is 1.